The first kappa shape index (κ1) is 12.1. The molecule has 5 nitrogen and oxygen atoms in total. The topological polar surface area (TPSA) is 83.8 Å². The summed E-state index contributed by atoms with van der Waals surface area (Å²) in [5.74, 6) is 5.70. The molecule has 1 amide bonds. The molecule has 0 aromatic carbocycles. The summed E-state index contributed by atoms with van der Waals surface area (Å²) in [5, 5.41) is 7.40. The maximum absolute atomic E-state index is 11.4. The normalized spacial score (nSPS) is 24.6. The van der Waals surface area contributed by atoms with Crippen LogP contribution in [-0.4, -0.2) is 16.1 Å². The number of aromatic nitrogens is 2. The van der Waals surface area contributed by atoms with Crippen molar-refractivity contribution >= 4 is 5.91 Å². The third-order valence-corrected chi connectivity index (χ3v) is 3.69. The molecule has 94 valence electrons. The number of hydrogen-bond acceptors (Lipinski definition) is 3. The number of rotatable bonds is 3. The number of nitrogens with one attached hydrogen (secondary N) is 2. The highest BCUT2D eigenvalue weighted by Crippen LogP contribution is 2.35. The second-order valence-electron chi connectivity index (χ2n) is 4.73. The molecule has 0 atom stereocenters. The Labute approximate surface area is 101 Å². The van der Waals surface area contributed by atoms with E-state index in [4.69, 9.17) is 5.84 Å². The van der Waals surface area contributed by atoms with Gasteiger partial charge in [-0.2, -0.15) is 5.10 Å². The van der Waals surface area contributed by atoms with E-state index in [2.05, 4.69) is 28.6 Å². The van der Waals surface area contributed by atoms with E-state index in [1.54, 1.807) is 0 Å². The van der Waals surface area contributed by atoms with Crippen molar-refractivity contribution in [3.05, 3.63) is 17.5 Å². The minimum atomic E-state index is -0.0280. The number of carbonyl (C=O) groups excluding carboxylic acids is 1. The van der Waals surface area contributed by atoms with E-state index in [9.17, 15) is 4.79 Å². The van der Waals surface area contributed by atoms with Gasteiger partial charge in [0.25, 0.3) is 0 Å². The highest BCUT2D eigenvalue weighted by Gasteiger charge is 2.27. The Bertz CT molecular complexity index is 380. The number of amides is 1. The molecule has 4 N–H and O–H groups in total. The van der Waals surface area contributed by atoms with Crippen LogP contribution in [0.4, 0.5) is 0 Å². The smallest absolute Gasteiger partial charge is 0.236 e. The Kier molecular flexibility index (Phi) is 3.78. The Hall–Kier alpha value is -1.36. The average Bonchev–Trinajstić information content (AvgIpc) is 2.87. The van der Waals surface area contributed by atoms with E-state index in [1.165, 1.54) is 5.69 Å². The van der Waals surface area contributed by atoms with Gasteiger partial charge in [-0.3, -0.25) is 15.3 Å². The van der Waals surface area contributed by atoms with Crippen molar-refractivity contribution in [1.82, 2.24) is 15.6 Å². The van der Waals surface area contributed by atoms with Crippen LogP contribution >= 0.6 is 0 Å². The molecular formula is C12H20N4O. The third-order valence-electron chi connectivity index (χ3n) is 3.69. The number of carbonyl (C=O) groups is 1. The monoisotopic (exact) mass is 236 g/mol. The number of hydrogen-bond donors (Lipinski definition) is 3. The van der Waals surface area contributed by atoms with Gasteiger partial charge >= 0.3 is 0 Å². The number of hydrazine groups is 1. The minimum absolute atomic E-state index is 0.0280. The first-order valence-corrected chi connectivity index (χ1v) is 6.29. The Balaban J connectivity index is 1.92. The van der Waals surface area contributed by atoms with Crippen LogP contribution in [-0.2, 0) is 11.2 Å². The summed E-state index contributed by atoms with van der Waals surface area (Å²) in [6.07, 6.45) is 4.83. The number of nitrogens with two attached hydrogens (primary N) is 1. The molecule has 1 aliphatic rings. The lowest BCUT2D eigenvalue weighted by Crippen LogP contribution is -2.37. The molecule has 0 radical (unpaired) electrons. The second kappa shape index (κ2) is 5.31. The fraction of sp³-hybridized carbons (Fsp3) is 0.667. The predicted molar refractivity (Wildman–Crippen MR) is 65.0 cm³/mol. The van der Waals surface area contributed by atoms with E-state index < -0.39 is 0 Å². The lowest BCUT2D eigenvalue weighted by Gasteiger charge is -2.25. The fourth-order valence-electron chi connectivity index (χ4n) is 2.54. The van der Waals surface area contributed by atoms with Gasteiger partial charge in [0.1, 0.15) is 0 Å². The highest BCUT2D eigenvalue weighted by molar-refractivity contribution is 5.78. The van der Waals surface area contributed by atoms with Crippen molar-refractivity contribution in [3.8, 4) is 0 Å². The molecule has 0 bridgehead atoms. The molecule has 1 aromatic rings. The summed E-state index contributed by atoms with van der Waals surface area (Å²) in [6, 6.07) is 2.15. The predicted octanol–water partition coefficient (Wildman–Crippen LogP) is 1.24. The minimum Gasteiger partial charge on any atom is -0.294 e. The van der Waals surface area contributed by atoms with Crippen LogP contribution < -0.4 is 11.3 Å². The lowest BCUT2D eigenvalue weighted by molar-refractivity contribution is -0.126. The van der Waals surface area contributed by atoms with Gasteiger partial charge in [0.15, 0.2) is 0 Å². The molecule has 1 heterocycles. The summed E-state index contributed by atoms with van der Waals surface area (Å²) in [7, 11) is 0. The quantitative estimate of drug-likeness (QED) is 0.419. The van der Waals surface area contributed by atoms with E-state index in [1.807, 2.05) is 0 Å². The van der Waals surface area contributed by atoms with E-state index in [0.29, 0.717) is 5.92 Å². The Morgan fingerprint density at radius 3 is 2.76 bits per heavy atom. The molecule has 1 saturated carbocycles. The van der Waals surface area contributed by atoms with E-state index in [0.717, 1.165) is 37.8 Å². The first-order chi connectivity index (χ1) is 8.24. The molecule has 17 heavy (non-hydrogen) atoms. The molecule has 5 heteroatoms. The van der Waals surface area contributed by atoms with Gasteiger partial charge in [0.2, 0.25) is 5.91 Å². The molecule has 1 aliphatic carbocycles. The Morgan fingerprint density at radius 1 is 1.53 bits per heavy atom. The van der Waals surface area contributed by atoms with Gasteiger partial charge in [-0.1, -0.05) is 6.92 Å². The number of nitrogens with zero attached hydrogens (tertiary/aromatic N) is 1. The molecule has 0 aliphatic heterocycles. The van der Waals surface area contributed by atoms with Gasteiger partial charge in [-0.05, 0) is 38.2 Å². The van der Waals surface area contributed by atoms with Gasteiger partial charge < -0.3 is 0 Å². The third kappa shape index (κ3) is 2.66. The van der Waals surface area contributed by atoms with Gasteiger partial charge in [-0.25, -0.2) is 5.84 Å². The summed E-state index contributed by atoms with van der Waals surface area (Å²) < 4.78 is 0. The van der Waals surface area contributed by atoms with E-state index >= 15 is 0 Å². The zero-order valence-electron chi connectivity index (χ0n) is 10.2. The van der Waals surface area contributed by atoms with Gasteiger partial charge in [0, 0.05) is 17.5 Å². The second-order valence-corrected chi connectivity index (χ2v) is 4.73. The van der Waals surface area contributed by atoms with Crippen LogP contribution in [0.5, 0.6) is 0 Å². The van der Waals surface area contributed by atoms with Crippen molar-refractivity contribution in [3.63, 3.8) is 0 Å². The van der Waals surface area contributed by atoms with Crippen LogP contribution in [0.1, 0.15) is 49.9 Å². The zero-order chi connectivity index (χ0) is 12.3. The largest absolute Gasteiger partial charge is 0.294 e. The average molecular weight is 236 g/mol. The zero-order valence-corrected chi connectivity index (χ0v) is 10.2. The molecule has 1 aromatic heterocycles. The maximum atomic E-state index is 11.4. The van der Waals surface area contributed by atoms with Crippen molar-refractivity contribution in [2.45, 2.75) is 44.9 Å². The van der Waals surface area contributed by atoms with Crippen molar-refractivity contribution < 1.29 is 4.79 Å². The standard InChI is InChI=1S/C12H20N4O/c1-2-10-7-11(16-15-10)8-3-5-9(6-4-8)12(17)14-13/h7-9H,2-6,13H2,1H3,(H,14,17)(H,15,16). The highest BCUT2D eigenvalue weighted by atomic mass is 16.2. The van der Waals surface area contributed by atoms with Crippen LogP contribution in [0.3, 0.4) is 0 Å². The summed E-state index contributed by atoms with van der Waals surface area (Å²) in [4.78, 5) is 11.4. The molecule has 1 fully saturated rings. The number of aromatic amines is 1. The van der Waals surface area contributed by atoms with E-state index in [-0.39, 0.29) is 11.8 Å². The summed E-state index contributed by atoms with van der Waals surface area (Å²) in [5.41, 5.74) is 4.57. The molecule has 0 spiro atoms. The molecule has 0 unspecified atom stereocenters. The van der Waals surface area contributed by atoms with Gasteiger partial charge in [-0.15, -0.1) is 0 Å². The summed E-state index contributed by atoms with van der Waals surface area (Å²) >= 11 is 0. The number of H-pyrrole nitrogens is 1. The van der Waals surface area contributed by atoms with Crippen LogP contribution in [0.25, 0.3) is 0 Å². The summed E-state index contributed by atoms with van der Waals surface area (Å²) in [6.45, 7) is 2.11. The Morgan fingerprint density at radius 2 is 2.24 bits per heavy atom. The van der Waals surface area contributed by atoms with Crippen LogP contribution in [0, 0.1) is 5.92 Å². The van der Waals surface area contributed by atoms with Crippen molar-refractivity contribution in [2.75, 3.05) is 0 Å². The van der Waals surface area contributed by atoms with Crippen LogP contribution in [0.15, 0.2) is 6.07 Å². The maximum Gasteiger partial charge on any atom is 0.236 e. The number of aryl methyl sites for hydroxylation is 1. The van der Waals surface area contributed by atoms with Crippen molar-refractivity contribution in [2.24, 2.45) is 11.8 Å². The van der Waals surface area contributed by atoms with Crippen LogP contribution in [0.2, 0.25) is 0 Å². The fourth-order valence-corrected chi connectivity index (χ4v) is 2.54. The molecular weight excluding hydrogens is 216 g/mol. The molecule has 0 saturated heterocycles. The lowest BCUT2D eigenvalue weighted by atomic mass is 9.80. The molecule has 2 rings (SSSR count). The SMILES string of the molecule is CCc1cc(C2CCC(C(=O)NN)CC2)n[nH]1. The van der Waals surface area contributed by atoms with Gasteiger partial charge in [0.05, 0.1) is 5.69 Å². The van der Waals surface area contributed by atoms with Crippen molar-refractivity contribution in [1.29, 1.82) is 0 Å². The first-order valence-electron chi connectivity index (χ1n) is 6.29.